The monoisotopic (exact) mass is 365 g/mol. The number of halogens is 1. The zero-order valence-corrected chi connectivity index (χ0v) is 16.3. The predicted molar refractivity (Wildman–Crippen MR) is 79.9 cm³/mol. The number of hydrogen-bond acceptors (Lipinski definition) is 0. The third-order valence-electron chi connectivity index (χ3n) is 0. The minimum absolute atomic E-state index is 0.380. The van der Waals surface area contributed by atoms with Gasteiger partial charge in [0.25, 0.3) is 0 Å². The van der Waals surface area contributed by atoms with Crippen molar-refractivity contribution >= 4 is 33.5 Å². The first kappa shape index (κ1) is 25.1. The fourth-order valence-electron chi connectivity index (χ4n) is 0. The van der Waals surface area contributed by atoms with Gasteiger partial charge in [-0.15, -0.1) is 23.8 Å². The second-order valence-corrected chi connectivity index (χ2v) is 12.1. The van der Waals surface area contributed by atoms with E-state index in [1.165, 1.54) is 0 Å². The maximum atomic E-state index is 4.57. The Morgan fingerprint density at radius 2 is 0.500 bits per heavy atom. The first-order valence-electron chi connectivity index (χ1n) is 4.16. The van der Waals surface area contributed by atoms with E-state index in [1.807, 2.05) is 17.3 Å². The molecule has 0 saturated heterocycles. The molecule has 0 amide bonds. The van der Waals surface area contributed by atoms with Crippen molar-refractivity contribution in [3.05, 3.63) is 0 Å². The molecule has 0 aliphatic carbocycles. The second kappa shape index (κ2) is 24.4. The Labute approximate surface area is 110 Å². The fraction of sp³-hybridized carbons (Fsp3) is 1.00. The van der Waals surface area contributed by atoms with Crippen LogP contribution in [0.2, 0.25) is 0 Å². The molecule has 0 radical (unpaired) electrons. The molecule has 0 fully saturated rings. The molecule has 0 aromatic rings. The van der Waals surface area contributed by atoms with Crippen molar-refractivity contribution in [2.24, 2.45) is 0 Å². The van der Waals surface area contributed by atoms with Crippen LogP contribution in [-0.2, 0) is 17.3 Å². The first-order valence-corrected chi connectivity index (χ1v) is 14.4. The third kappa shape index (κ3) is 510. The van der Waals surface area contributed by atoms with Crippen LogP contribution < -0.4 is 0 Å². The molecule has 0 spiro atoms. The Balaban J connectivity index is -0.0000000492. The van der Waals surface area contributed by atoms with Crippen molar-refractivity contribution < 1.29 is 17.3 Å². The van der Waals surface area contributed by atoms with Crippen LogP contribution >= 0.6 is 33.5 Å². The van der Waals surface area contributed by atoms with Gasteiger partial charge in [0.15, 0.2) is 0 Å². The molecule has 93 valence electrons. The molecular weight excluding hydrogens is 338 g/mol. The van der Waals surface area contributed by atoms with Crippen molar-refractivity contribution in [3.8, 4) is 0 Å². The summed E-state index contributed by atoms with van der Waals surface area (Å²) in [5, 5.41) is 0. The van der Waals surface area contributed by atoms with Gasteiger partial charge in [-0.2, -0.15) is 0 Å². The van der Waals surface area contributed by atoms with Crippen molar-refractivity contribution in [2.75, 3.05) is 60.0 Å². The number of hydrogen-bond donors (Lipinski definition) is 0. The maximum absolute atomic E-state index is 4.57. The van der Waals surface area contributed by atoms with Crippen LogP contribution in [0.5, 0.6) is 0 Å². The molecule has 5 heteroatoms. The van der Waals surface area contributed by atoms with Crippen molar-refractivity contribution in [1.82, 2.24) is 0 Å². The van der Waals surface area contributed by atoms with Gasteiger partial charge in [-0.05, 0) is 60.0 Å². The molecule has 0 rings (SSSR count). The summed E-state index contributed by atoms with van der Waals surface area (Å²) in [5.41, 5.74) is 0. The Kier molecular flexibility index (Phi) is 43.9. The van der Waals surface area contributed by atoms with Gasteiger partial charge in [-0.3, -0.25) is 0 Å². The van der Waals surface area contributed by atoms with Crippen LogP contribution in [0.25, 0.3) is 0 Å². The minimum atomic E-state index is 0.380. The van der Waals surface area contributed by atoms with Gasteiger partial charge in [0.2, 0.25) is 0 Å². The van der Waals surface area contributed by atoms with Gasteiger partial charge < -0.3 is 0 Å². The van der Waals surface area contributed by atoms with Crippen LogP contribution in [0.1, 0.15) is 0 Å². The number of rotatable bonds is 0. The van der Waals surface area contributed by atoms with Gasteiger partial charge in [-0.1, -0.05) is 0 Å². The molecule has 0 nitrogen and oxygen atoms in total. The second-order valence-electron chi connectivity index (χ2n) is 4.02. The van der Waals surface area contributed by atoms with E-state index in [0.717, 1.165) is 0 Å². The Hall–Kier alpha value is 2.20. The molecule has 0 N–H and O–H groups in total. The zero-order valence-electron chi connectivity index (χ0n) is 11.1. The molecule has 0 bridgehead atoms. The summed E-state index contributed by atoms with van der Waals surface area (Å²) in [6.45, 7) is 20.1. The standard InChI is InChI=1S/3C3H9P.ClH.Ru/c3*1-4(2)3;;/h3*1-3H3;1H;/q;;;;+1/p-1. The van der Waals surface area contributed by atoms with E-state index in [0.29, 0.717) is 23.8 Å². The van der Waals surface area contributed by atoms with E-state index >= 15 is 0 Å². The third-order valence-corrected chi connectivity index (χ3v) is 0. The Morgan fingerprint density at radius 3 is 0.500 bits per heavy atom. The molecule has 0 aromatic heterocycles. The normalized spacial score (nSPS) is 8.14. The summed E-state index contributed by atoms with van der Waals surface area (Å²) in [4.78, 5) is 0. The molecule has 0 saturated carbocycles. The van der Waals surface area contributed by atoms with Crippen molar-refractivity contribution in [1.29, 1.82) is 0 Å². The van der Waals surface area contributed by atoms with Gasteiger partial charge in [0.05, 0.1) is 0 Å². The van der Waals surface area contributed by atoms with Crippen LogP contribution in [0.4, 0.5) is 0 Å². The summed E-state index contributed by atoms with van der Waals surface area (Å²) < 4.78 is 0. The average molecular weight is 365 g/mol. The van der Waals surface area contributed by atoms with E-state index in [-0.39, 0.29) is 0 Å². The van der Waals surface area contributed by atoms with Crippen LogP contribution in [0, 0.1) is 0 Å². The molecule has 0 heterocycles. The van der Waals surface area contributed by atoms with Gasteiger partial charge in [0.1, 0.15) is 0 Å². The summed E-state index contributed by atoms with van der Waals surface area (Å²) in [5.74, 6) is 0. The molecule has 0 aromatic carbocycles. The zero-order chi connectivity index (χ0) is 12.7. The van der Waals surface area contributed by atoms with Crippen LogP contribution in [0.15, 0.2) is 0 Å². The van der Waals surface area contributed by atoms with E-state index in [2.05, 4.69) is 69.7 Å². The molecule has 14 heavy (non-hydrogen) atoms. The molecular formula is C9H27ClP3Ru. The van der Waals surface area contributed by atoms with Gasteiger partial charge in [0, 0.05) is 0 Å². The Bertz CT molecular complexity index is 48.5. The van der Waals surface area contributed by atoms with Gasteiger partial charge >= 0.3 is 27.0 Å². The fourth-order valence-corrected chi connectivity index (χ4v) is 0. The molecule has 0 aliphatic heterocycles. The summed E-state index contributed by atoms with van der Waals surface area (Å²) in [7, 11) is 5.71. The van der Waals surface area contributed by atoms with Crippen LogP contribution in [0.3, 0.4) is 0 Å². The van der Waals surface area contributed by atoms with Crippen molar-refractivity contribution in [2.45, 2.75) is 0 Å². The Morgan fingerprint density at radius 1 is 0.500 bits per heavy atom. The van der Waals surface area contributed by atoms with E-state index in [9.17, 15) is 0 Å². The predicted octanol–water partition coefficient (Wildman–Crippen LogP) is 4.76. The summed E-state index contributed by atoms with van der Waals surface area (Å²) >= 11 is 1.82. The van der Waals surface area contributed by atoms with E-state index < -0.39 is 0 Å². The summed E-state index contributed by atoms with van der Waals surface area (Å²) in [6, 6.07) is 0. The topological polar surface area (TPSA) is 0 Å². The van der Waals surface area contributed by atoms with E-state index in [1.54, 1.807) is 0 Å². The van der Waals surface area contributed by atoms with Crippen molar-refractivity contribution in [3.63, 3.8) is 0 Å². The molecule has 0 atom stereocenters. The average Bonchev–Trinajstić information content (AvgIpc) is 1.86. The van der Waals surface area contributed by atoms with Gasteiger partial charge in [-0.25, -0.2) is 0 Å². The molecule has 0 unspecified atom stereocenters. The van der Waals surface area contributed by atoms with E-state index in [4.69, 9.17) is 0 Å². The first-order chi connectivity index (χ1) is 6.20. The quantitative estimate of drug-likeness (QED) is 0.429. The summed E-state index contributed by atoms with van der Waals surface area (Å²) in [6.07, 6.45) is 0. The SMILES string of the molecule is CP(C)C.CP(C)C.CP(C)C.[Cl][Ru]. The molecule has 0 aliphatic rings. The van der Waals surface area contributed by atoms with Crippen LogP contribution in [-0.4, -0.2) is 60.0 Å².